The molecule has 0 spiro atoms. The number of ether oxygens (including phenoxy) is 1. The Bertz CT molecular complexity index is 382. The molecular weight excluding hydrogens is 429 g/mol. The Balaban J connectivity index is 0.00000312. The zero-order valence-electron chi connectivity index (χ0n) is 16.3. The first-order valence-electron chi connectivity index (χ1n) is 9.77. The van der Waals surface area contributed by atoms with Gasteiger partial charge in [0.25, 0.3) is 0 Å². The van der Waals surface area contributed by atoms with Crippen molar-refractivity contribution < 1.29 is 4.74 Å². The molecule has 0 radical (unpaired) electrons. The molecule has 0 aromatic heterocycles. The highest BCUT2D eigenvalue weighted by Crippen LogP contribution is 2.17. The van der Waals surface area contributed by atoms with Gasteiger partial charge >= 0.3 is 0 Å². The first-order valence-corrected chi connectivity index (χ1v) is 9.77. The van der Waals surface area contributed by atoms with Crippen molar-refractivity contribution >= 4 is 29.9 Å². The van der Waals surface area contributed by atoms with Crippen LogP contribution < -0.4 is 10.6 Å². The summed E-state index contributed by atoms with van der Waals surface area (Å²) in [5.41, 5.74) is 0. The number of halogens is 1. The van der Waals surface area contributed by atoms with Crippen LogP contribution in [0.25, 0.3) is 0 Å². The number of aliphatic imine (C=N–C) groups is 1. The standard InChI is InChI=1S/C18H37N5O.HI/c1-4-19-18(20-14-16-8-6-10-22(16)5-2)21-15-17-9-7-11-23(17)12-13-24-3;/h16-17H,4-15H2,1-3H3,(H2,19,20,21);1H. The molecule has 0 aromatic rings. The second-order valence-corrected chi connectivity index (χ2v) is 6.85. The molecule has 2 aliphatic heterocycles. The van der Waals surface area contributed by atoms with E-state index >= 15 is 0 Å². The number of likely N-dealkylation sites (N-methyl/N-ethyl adjacent to an activating group) is 1. The summed E-state index contributed by atoms with van der Waals surface area (Å²) >= 11 is 0. The molecule has 2 aliphatic rings. The smallest absolute Gasteiger partial charge is 0.191 e. The van der Waals surface area contributed by atoms with Gasteiger partial charge in [0, 0.05) is 38.8 Å². The molecule has 2 unspecified atom stereocenters. The number of hydrogen-bond donors (Lipinski definition) is 2. The Labute approximate surface area is 171 Å². The molecule has 6 nitrogen and oxygen atoms in total. The molecule has 0 saturated carbocycles. The number of nitrogens with zero attached hydrogens (tertiary/aromatic N) is 3. The van der Waals surface area contributed by atoms with Gasteiger partial charge in [-0.1, -0.05) is 6.92 Å². The van der Waals surface area contributed by atoms with Crippen molar-refractivity contribution in [3.05, 3.63) is 0 Å². The van der Waals surface area contributed by atoms with Crippen LogP contribution in [0.1, 0.15) is 39.5 Å². The number of hydrogen-bond acceptors (Lipinski definition) is 4. The molecule has 0 bridgehead atoms. The number of rotatable bonds is 9. The van der Waals surface area contributed by atoms with Gasteiger partial charge in [-0.05, 0) is 52.2 Å². The SMILES string of the molecule is CCNC(=NCC1CCCN1CC)NCC1CCCN1CCOC.I. The summed E-state index contributed by atoms with van der Waals surface area (Å²) in [6, 6.07) is 1.22. The molecule has 2 saturated heterocycles. The molecule has 25 heavy (non-hydrogen) atoms. The van der Waals surface area contributed by atoms with Crippen molar-refractivity contribution in [2.24, 2.45) is 4.99 Å². The Morgan fingerprint density at radius 1 is 1.08 bits per heavy atom. The van der Waals surface area contributed by atoms with E-state index < -0.39 is 0 Å². The monoisotopic (exact) mass is 467 g/mol. The summed E-state index contributed by atoms with van der Waals surface area (Å²) in [4.78, 5) is 9.94. The summed E-state index contributed by atoms with van der Waals surface area (Å²) in [6.07, 6.45) is 5.15. The van der Waals surface area contributed by atoms with Crippen molar-refractivity contribution in [2.45, 2.75) is 51.6 Å². The number of likely N-dealkylation sites (tertiary alicyclic amines) is 2. The predicted molar refractivity (Wildman–Crippen MR) is 116 cm³/mol. The lowest BCUT2D eigenvalue weighted by molar-refractivity contribution is 0.141. The summed E-state index contributed by atoms with van der Waals surface area (Å²) in [6.45, 7) is 12.6. The molecule has 148 valence electrons. The zero-order chi connectivity index (χ0) is 17.2. The second-order valence-electron chi connectivity index (χ2n) is 6.85. The van der Waals surface area contributed by atoms with Gasteiger partial charge in [-0.15, -0.1) is 24.0 Å². The minimum absolute atomic E-state index is 0. The number of guanidine groups is 1. The van der Waals surface area contributed by atoms with Gasteiger partial charge in [0.15, 0.2) is 5.96 Å². The van der Waals surface area contributed by atoms with Crippen LogP contribution >= 0.6 is 24.0 Å². The fraction of sp³-hybridized carbons (Fsp3) is 0.944. The maximum absolute atomic E-state index is 5.23. The lowest BCUT2D eigenvalue weighted by Crippen LogP contribution is -2.46. The lowest BCUT2D eigenvalue weighted by Gasteiger charge is -2.25. The summed E-state index contributed by atoms with van der Waals surface area (Å²) in [7, 11) is 1.78. The van der Waals surface area contributed by atoms with Crippen LogP contribution in [0.5, 0.6) is 0 Å². The van der Waals surface area contributed by atoms with E-state index in [0.29, 0.717) is 12.1 Å². The van der Waals surface area contributed by atoms with Gasteiger partial charge in [0.05, 0.1) is 13.2 Å². The van der Waals surface area contributed by atoms with E-state index in [4.69, 9.17) is 9.73 Å². The van der Waals surface area contributed by atoms with E-state index in [1.807, 2.05) is 0 Å². The molecular formula is C18H38IN5O. The zero-order valence-corrected chi connectivity index (χ0v) is 18.6. The average Bonchev–Trinajstić information content (AvgIpc) is 3.24. The molecule has 0 amide bonds. The quantitative estimate of drug-likeness (QED) is 0.308. The van der Waals surface area contributed by atoms with Crippen LogP contribution in [0.3, 0.4) is 0 Å². The van der Waals surface area contributed by atoms with Crippen molar-refractivity contribution in [1.82, 2.24) is 20.4 Å². The maximum atomic E-state index is 5.23. The molecule has 2 fully saturated rings. The van der Waals surface area contributed by atoms with Crippen LogP contribution in [-0.4, -0.2) is 87.4 Å². The lowest BCUT2D eigenvalue weighted by atomic mass is 10.2. The van der Waals surface area contributed by atoms with Crippen LogP contribution in [0.15, 0.2) is 4.99 Å². The third-order valence-electron chi connectivity index (χ3n) is 5.30. The fourth-order valence-corrected chi connectivity index (χ4v) is 3.90. The van der Waals surface area contributed by atoms with Crippen molar-refractivity contribution in [2.75, 3.05) is 59.5 Å². The van der Waals surface area contributed by atoms with Crippen LogP contribution in [-0.2, 0) is 4.74 Å². The summed E-state index contributed by atoms with van der Waals surface area (Å²) < 4.78 is 5.23. The van der Waals surface area contributed by atoms with Crippen LogP contribution in [0, 0.1) is 0 Å². The van der Waals surface area contributed by atoms with Crippen LogP contribution in [0.4, 0.5) is 0 Å². The molecule has 0 aliphatic carbocycles. The first kappa shape index (κ1) is 22.9. The highest BCUT2D eigenvalue weighted by molar-refractivity contribution is 14.0. The third kappa shape index (κ3) is 7.56. The Morgan fingerprint density at radius 3 is 2.48 bits per heavy atom. The van der Waals surface area contributed by atoms with E-state index in [2.05, 4.69) is 34.3 Å². The summed E-state index contributed by atoms with van der Waals surface area (Å²) in [5, 5.41) is 6.96. The fourth-order valence-electron chi connectivity index (χ4n) is 3.90. The van der Waals surface area contributed by atoms with Gasteiger partial charge in [0.2, 0.25) is 0 Å². The average molecular weight is 467 g/mol. The Kier molecular flexibility index (Phi) is 12.0. The molecule has 2 atom stereocenters. The summed E-state index contributed by atoms with van der Waals surface area (Å²) in [5.74, 6) is 0.971. The van der Waals surface area contributed by atoms with E-state index in [1.54, 1.807) is 7.11 Å². The molecule has 7 heteroatoms. The van der Waals surface area contributed by atoms with Gasteiger partial charge in [-0.2, -0.15) is 0 Å². The molecule has 2 heterocycles. The van der Waals surface area contributed by atoms with Gasteiger partial charge in [0.1, 0.15) is 0 Å². The van der Waals surface area contributed by atoms with E-state index in [-0.39, 0.29) is 24.0 Å². The minimum Gasteiger partial charge on any atom is -0.383 e. The Morgan fingerprint density at radius 2 is 1.80 bits per heavy atom. The Hall–Kier alpha value is -0.120. The minimum atomic E-state index is 0. The van der Waals surface area contributed by atoms with Crippen molar-refractivity contribution in [3.63, 3.8) is 0 Å². The number of nitrogens with one attached hydrogen (secondary N) is 2. The van der Waals surface area contributed by atoms with E-state index in [1.165, 1.54) is 38.8 Å². The van der Waals surface area contributed by atoms with Gasteiger partial charge in [-0.25, -0.2) is 0 Å². The maximum Gasteiger partial charge on any atom is 0.191 e. The largest absolute Gasteiger partial charge is 0.383 e. The van der Waals surface area contributed by atoms with E-state index in [9.17, 15) is 0 Å². The highest BCUT2D eigenvalue weighted by Gasteiger charge is 2.25. The molecule has 2 N–H and O–H groups in total. The predicted octanol–water partition coefficient (Wildman–Crippen LogP) is 1.75. The molecule has 0 aromatic carbocycles. The first-order chi connectivity index (χ1) is 11.8. The van der Waals surface area contributed by atoms with Crippen molar-refractivity contribution in [3.8, 4) is 0 Å². The molecule has 2 rings (SSSR count). The topological polar surface area (TPSA) is 52.1 Å². The van der Waals surface area contributed by atoms with E-state index in [0.717, 1.165) is 45.3 Å². The second kappa shape index (κ2) is 13.1. The normalized spacial score (nSPS) is 25.2. The van der Waals surface area contributed by atoms with Gasteiger partial charge in [-0.3, -0.25) is 14.8 Å². The van der Waals surface area contributed by atoms with Crippen molar-refractivity contribution in [1.29, 1.82) is 0 Å². The van der Waals surface area contributed by atoms with Gasteiger partial charge < -0.3 is 15.4 Å². The third-order valence-corrected chi connectivity index (χ3v) is 5.30. The highest BCUT2D eigenvalue weighted by atomic mass is 127. The van der Waals surface area contributed by atoms with Crippen LogP contribution in [0.2, 0.25) is 0 Å². The number of methoxy groups -OCH3 is 1.